The first-order valence-corrected chi connectivity index (χ1v) is 7.30. The fraction of sp³-hybridized carbons (Fsp3) is 0.818. The molecule has 2 atom stereocenters. The Bertz CT molecular complexity index is 320. The Kier molecular flexibility index (Phi) is 4.71. The predicted octanol–water partition coefficient (Wildman–Crippen LogP) is 0.725. The van der Waals surface area contributed by atoms with E-state index in [2.05, 4.69) is 5.32 Å². The van der Waals surface area contributed by atoms with E-state index >= 15 is 0 Å². The van der Waals surface area contributed by atoms with Crippen molar-refractivity contribution in [3.8, 4) is 0 Å². The molecule has 0 aromatic carbocycles. The second kappa shape index (κ2) is 6.29. The van der Waals surface area contributed by atoms with E-state index < -0.39 is 12.0 Å². The lowest BCUT2D eigenvalue weighted by atomic mass is 10.2. The minimum atomic E-state index is -0.936. The van der Waals surface area contributed by atoms with Crippen molar-refractivity contribution in [1.29, 1.82) is 0 Å². The van der Waals surface area contributed by atoms with Crippen LogP contribution in [-0.2, 0) is 9.53 Å². The number of carbonyl (C=O) groups is 2. The van der Waals surface area contributed by atoms with E-state index in [1.807, 2.05) is 0 Å². The molecule has 2 fully saturated rings. The van der Waals surface area contributed by atoms with Crippen LogP contribution in [0.5, 0.6) is 0 Å². The molecule has 2 saturated heterocycles. The van der Waals surface area contributed by atoms with E-state index in [0.29, 0.717) is 18.2 Å². The van der Waals surface area contributed by atoms with Gasteiger partial charge >= 0.3 is 12.0 Å². The lowest BCUT2D eigenvalue weighted by Crippen LogP contribution is -2.47. The highest BCUT2D eigenvalue weighted by molar-refractivity contribution is 7.99. The molecule has 7 heteroatoms. The Morgan fingerprint density at radius 2 is 2.33 bits per heavy atom. The molecule has 0 aliphatic carbocycles. The number of nitrogens with one attached hydrogen (secondary N) is 1. The van der Waals surface area contributed by atoms with Crippen LogP contribution in [0.15, 0.2) is 0 Å². The van der Waals surface area contributed by atoms with Gasteiger partial charge in [0.25, 0.3) is 0 Å². The summed E-state index contributed by atoms with van der Waals surface area (Å²) in [6, 6.07) is -0.983. The Morgan fingerprint density at radius 1 is 1.50 bits per heavy atom. The van der Waals surface area contributed by atoms with Crippen molar-refractivity contribution in [2.45, 2.75) is 31.4 Å². The van der Waals surface area contributed by atoms with E-state index in [4.69, 9.17) is 9.84 Å². The average Bonchev–Trinajstić information content (AvgIpc) is 2.99. The summed E-state index contributed by atoms with van der Waals surface area (Å²) >= 11 is 1.47. The Hall–Kier alpha value is -0.950. The standard InChI is InChI=1S/C11H18N2O4S/c14-10(15)9-6-18-7-13(9)11(16)12-4-3-8-2-1-5-17-8/h8-9H,1-7H2,(H,12,16)(H,14,15)/t8?,9-/m0/s1. The molecule has 6 nitrogen and oxygen atoms in total. The van der Waals surface area contributed by atoms with Crippen LogP contribution in [0.4, 0.5) is 4.79 Å². The summed E-state index contributed by atoms with van der Waals surface area (Å²) in [7, 11) is 0. The van der Waals surface area contributed by atoms with Crippen LogP contribution in [0.2, 0.25) is 0 Å². The maximum absolute atomic E-state index is 11.8. The van der Waals surface area contributed by atoms with Gasteiger partial charge in [0.15, 0.2) is 0 Å². The highest BCUT2D eigenvalue weighted by atomic mass is 32.2. The molecule has 2 aliphatic heterocycles. The molecule has 0 saturated carbocycles. The molecule has 0 aromatic heterocycles. The van der Waals surface area contributed by atoms with Crippen molar-refractivity contribution in [1.82, 2.24) is 10.2 Å². The lowest BCUT2D eigenvalue weighted by Gasteiger charge is -2.21. The third-order valence-corrected chi connectivity index (χ3v) is 4.21. The number of hydrogen-bond donors (Lipinski definition) is 2. The molecule has 0 aromatic rings. The normalized spacial score (nSPS) is 27.4. The largest absolute Gasteiger partial charge is 0.480 e. The Morgan fingerprint density at radius 3 is 3.00 bits per heavy atom. The highest BCUT2D eigenvalue weighted by Gasteiger charge is 2.34. The lowest BCUT2D eigenvalue weighted by molar-refractivity contribution is -0.140. The monoisotopic (exact) mass is 274 g/mol. The van der Waals surface area contributed by atoms with Crippen molar-refractivity contribution in [3.63, 3.8) is 0 Å². The van der Waals surface area contributed by atoms with Gasteiger partial charge in [-0.2, -0.15) is 0 Å². The van der Waals surface area contributed by atoms with Crippen LogP contribution in [0.25, 0.3) is 0 Å². The fourth-order valence-electron chi connectivity index (χ4n) is 2.16. The zero-order valence-electron chi connectivity index (χ0n) is 10.1. The summed E-state index contributed by atoms with van der Waals surface area (Å²) in [4.78, 5) is 24.2. The van der Waals surface area contributed by atoms with Gasteiger partial charge in [0, 0.05) is 18.9 Å². The minimum absolute atomic E-state index is 0.244. The molecule has 1 unspecified atom stereocenters. The summed E-state index contributed by atoms with van der Waals surface area (Å²) in [5.41, 5.74) is 0. The van der Waals surface area contributed by atoms with Crippen LogP contribution >= 0.6 is 11.8 Å². The Labute approximate surface area is 110 Å². The van der Waals surface area contributed by atoms with Crippen molar-refractivity contribution in [2.24, 2.45) is 0 Å². The molecular weight excluding hydrogens is 256 g/mol. The number of nitrogens with zero attached hydrogens (tertiary/aromatic N) is 1. The van der Waals surface area contributed by atoms with Gasteiger partial charge in [0.1, 0.15) is 6.04 Å². The van der Waals surface area contributed by atoms with E-state index in [1.165, 1.54) is 16.7 Å². The first kappa shape index (κ1) is 13.5. The summed E-state index contributed by atoms with van der Waals surface area (Å²) in [5.74, 6) is -0.0219. The van der Waals surface area contributed by atoms with Gasteiger partial charge in [0.2, 0.25) is 0 Å². The third-order valence-electron chi connectivity index (χ3n) is 3.19. The van der Waals surface area contributed by atoms with Gasteiger partial charge < -0.3 is 20.1 Å². The number of carboxylic acid groups (broad SMARTS) is 1. The van der Waals surface area contributed by atoms with Gasteiger partial charge in [-0.25, -0.2) is 9.59 Å². The minimum Gasteiger partial charge on any atom is -0.480 e. The van der Waals surface area contributed by atoms with E-state index in [-0.39, 0.29) is 12.1 Å². The van der Waals surface area contributed by atoms with Crippen LogP contribution < -0.4 is 5.32 Å². The van der Waals surface area contributed by atoms with Gasteiger partial charge in [-0.15, -0.1) is 11.8 Å². The number of carboxylic acids is 1. The number of aliphatic carboxylic acids is 1. The van der Waals surface area contributed by atoms with Gasteiger partial charge in [-0.05, 0) is 19.3 Å². The van der Waals surface area contributed by atoms with E-state index in [9.17, 15) is 9.59 Å². The predicted molar refractivity (Wildman–Crippen MR) is 67.6 cm³/mol. The number of thioether (sulfide) groups is 1. The van der Waals surface area contributed by atoms with Gasteiger partial charge in [-0.3, -0.25) is 0 Å². The smallest absolute Gasteiger partial charge is 0.327 e. The number of amides is 2. The molecule has 2 heterocycles. The molecule has 2 rings (SSSR count). The van der Waals surface area contributed by atoms with Crippen LogP contribution in [0.3, 0.4) is 0 Å². The Balaban J connectivity index is 1.71. The fourth-order valence-corrected chi connectivity index (χ4v) is 3.31. The highest BCUT2D eigenvalue weighted by Crippen LogP contribution is 2.21. The van der Waals surface area contributed by atoms with Crippen molar-refractivity contribution >= 4 is 23.8 Å². The number of rotatable bonds is 4. The van der Waals surface area contributed by atoms with E-state index in [1.54, 1.807) is 0 Å². The molecule has 2 amide bonds. The zero-order valence-corrected chi connectivity index (χ0v) is 10.9. The molecule has 2 aliphatic rings. The van der Waals surface area contributed by atoms with E-state index in [0.717, 1.165) is 25.9 Å². The van der Waals surface area contributed by atoms with Crippen molar-refractivity contribution in [3.05, 3.63) is 0 Å². The molecule has 0 bridgehead atoms. The zero-order chi connectivity index (χ0) is 13.0. The summed E-state index contributed by atoms with van der Waals surface area (Å²) in [5, 5.41) is 11.7. The number of carbonyl (C=O) groups excluding carboxylic acids is 1. The second-order valence-corrected chi connectivity index (χ2v) is 5.48. The molecule has 0 spiro atoms. The number of ether oxygens (including phenoxy) is 1. The number of urea groups is 1. The van der Waals surface area contributed by atoms with Crippen molar-refractivity contribution < 1.29 is 19.4 Å². The van der Waals surface area contributed by atoms with Gasteiger partial charge in [0.05, 0.1) is 12.0 Å². The third kappa shape index (κ3) is 3.29. The molecule has 102 valence electrons. The summed E-state index contributed by atoms with van der Waals surface area (Å²) in [6.45, 7) is 1.35. The number of hydrogen-bond acceptors (Lipinski definition) is 4. The van der Waals surface area contributed by atoms with Gasteiger partial charge in [-0.1, -0.05) is 0 Å². The SMILES string of the molecule is O=C(O)[C@@H]1CSCN1C(=O)NCCC1CCCO1. The summed E-state index contributed by atoms with van der Waals surface area (Å²) in [6.07, 6.45) is 3.17. The topological polar surface area (TPSA) is 78.9 Å². The molecule has 18 heavy (non-hydrogen) atoms. The second-order valence-electron chi connectivity index (χ2n) is 4.48. The van der Waals surface area contributed by atoms with Crippen LogP contribution in [-0.4, -0.2) is 58.9 Å². The summed E-state index contributed by atoms with van der Waals surface area (Å²) < 4.78 is 5.46. The first-order valence-electron chi connectivity index (χ1n) is 6.15. The molecule has 0 radical (unpaired) electrons. The van der Waals surface area contributed by atoms with Crippen molar-refractivity contribution in [2.75, 3.05) is 24.8 Å². The molecule has 2 N–H and O–H groups in total. The molecular formula is C11H18N2O4S. The average molecular weight is 274 g/mol. The maximum Gasteiger partial charge on any atom is 0.327 e. The quantitative estimate of drug-likeness (QED) is 0.790. The first-order chi connectivity index (χ1) is 8.68. The van der Waals surface area contributed by atoms with Crippen LogP contribution in [0, 0.1) is 0 Å². The van der Waals surface area contributed by atoms with Crippen LogP contribution in [0.1, 0.15) is 19.3 Å². The maximum atomic E-state index is 11.8.